The average Bonchev–Trinajstić information content (AvgIpc) is 2.82. The molecule has 0 bridgehead atoms. The van der Waals surface area contributed by atoms with Gasteiger partial charge in [-0.25, -0.2) is 4.79 Å². The predicted octanol–water partition coefficient (Wildman–Crippen LogP) is 3.63. The van der Waals surface area contributed by atoms with Crippen LogP contribution in [-0.4, -0.2) is 21.9 Å². The first kappa shape index (κ1) is 13.1. The van der Waals surface area contributed by atoms with Crippen molar-refractivity contribution in [3.05, 3.63) is 65.9 Å². The van der Waals surface area contributed by atoms with Crippen LogP contribution < -0.4 is 0 Å². The number of para-hydroxylation sites is 1. The largest absolute Gasteiger partial charge is 0.478 e. The van der Waals surface area contributed by atoms with Gasteiger partial charge in [-0.1, -0.05) is 24.3 Å². The number of benzene rings is 2. The molecule has 0 amide bonds. The first-order valence-corrected chi connectivity index (χ1v) is 6.56. The minimum absolute atomic E-state index is 0.238. The van der Waals surface area contributed by atoms with E-state index >= 15 is 0 Å². The Morgan fingerprint density at radius 1 is 1.19 bits per heavy atom. The quantitative estimate of drug-likeness (QED) is 0.744. The SMILES string of the molecule is Cn1cc(C=Nc2cccc(C(=O)O)c2)c2ccccc21. The second-order valence-corrected chi connectivity index (χ2v) is 4.83. The number of carboxylic acid groups (broad SMARTS) is 1. The van der Waals surface area contributed by atoms with Gasteiger partial charge in [0.1, 0.15) is 0 Å². The molecule has 1 aromatic heterocycles. The lowest BCUT2D eigenvalue weighted by Gasteiger charge is -1.96. The first-order valence-electron chi connectivity index (χ1n) is 6.56. The van der Waals surface area contributed by atoms with Gasteiger partial charge in [0.2, 0.25) is 0 Å². The van der Waals surface area contributed by atoms with Crippen LogP contribution in [0.25, 0.3) is 10.9 Å². The first-order chi connectivity index (χ1) is 10.1. The number of fused-ring (bicyclic) bond motifs is 1. The van der Waals surface area contributed by atoms with Gasteiger partial charge in [0.15, 0.2) is 0 Å². The van der Waals surface area contributed by atoms with Crippen molar-refractivity contribution in [2.45, 2.75) is 0 Å². The van der Waals surface area contributed by atoms with Crippen molar-refractivity contribution in [1.29, 1.82) is 0 Å². The van der Waals surface area contributed by atoms with Gasteiger partial charge in [-0.15, -0.1) is 0 Å². The number of aryl methyl sites for hydroxylation is 1. The highest BCUT2D eigenvalue weighted by molar-refractivity contribution is 6.00. The van der Waals surface area contributed by atoms with Crippen molar-refractivity contribution >= 4 is 28.8 Å². The topological polar surface area (TPSA) is 54.6 Å². The number of carboxylic acids is 1. The fourth-order valence-electron chi connectivity index (χ4n) is 2.34. The molecule has 3 aromatic rings. The number of aromatic nitrogens is 1. The standard InChI is InChI=1S/C17H14N2O2/c1-19-11-13(15-7-2-3-8-16(15)19)10-18-14-6-4-5-12(9-14)17(20)21/h2-11H,1H3,(H,20,21). The molecule has 1 N–H and O–H groups in total. The van der Waals surface area contributed by atoms with E-state index in [1.165, 1.54) is 0 Å². The molecular formula is C17H14N2O2. The molecule has 0 aliphatic rings. The van der Waals surface area contributed by atoms with E-state index in [-0.39, 0.29) is 5.56 Å². The number of aliphatic imine (C=N–C) groups is 1. The zero-order valence-corrected chi connectivity index (χ0v) is 11.5. The third-order valence-corrected chi connectivity index (χ3v) is 3.37. The maximum atomic E-state index is 11.0. The van der Waals surface area contributed by atoms with E-state index in [4.69, 9.17) is 5.11 Å². The Morgan fingerprint density at radius 2 is 2.00 bits per heavy atom. The molecule has 2 aromatic carbocycles. The lowest BCUT2D eigenvalue weighted by Crippen LogP contribution is -1.94. The van der Waals surface area contributed by atoms with Crippen molar-refractivity contribution in [2.75, 3.05) is 0 Å². The van der Waals surface area contributed by atoms with Crippen LogP contribution >= 0.6 is 0 Å². The summed E-state index contributed by atoms with van der Waals surface area (Å²) >= 11 is 0. The number of hydrogen-bond donors (Lipinski definition) is 1. The van der Waals surface area contributed by atoms with Gasteiger partial charge in [0, 0.05) is 35.9 Å². The van der Waals surface area contributed by atoms with Crippen LogP contribution in [0.1, 0.15) is 15.9 Å². The van der Waals surface area contributed by atoms with Crippen molar-refractivity contribution < 1.29 is 9.90 Å². The van der Waals surface area contributed by atoms with E-state index in [0.29, 0.717) is 5.69 Å². The van der Waals surface area contributed by atoms with Crippen LogP contribution in [0.5, 0.6) is 0 Å². The average molecular weight is 278 g/mol. The summed E-state index contributed by atoms with van der Waals surface area (Å²) in [7, 11) is 1.99. The molecule has 0 spiro atoms. The van der Waals surface area contributed by atoms with E-state index < -0.39 is 5.97 Å². The molecule has 0 fully saturated rings. The molecule has 1 heterocycles. The summed E-state index contributed by atoms with van der Waals surface area (Å²) in [6, 6.07) is 14.7. The Balaban J connectivity index is 1.98. The maximum absolute atomic E-state index is 11.0. The highest BCUT2D eigenvalue weighted by Crippen LogP contribution is 2.20. The smallest absolute Gasteiger partial charge is 0.335 e. The maximum Gasteiger partial charge on any atom is 0.335 e. The molecule has 4 heteroatoms. The fourth-order valence-corrected chi connectivity index (χ4v) is 2.34. The monoisotopic (exact) mass is 278 g/mol. The predicted molar refractivity (Wildman–Crippen MR) is 83.6 cm³/mol. The summed E-state index contributed by atoms with van der Waals surface area (Å²) in [5.74, 6) is -0.947. The third-order valence-electron chi connectivity index (χ3n) is 3.37. The van der Waals surface area contributed by atoms with Crippen molar-refractivity contribution in [3.63, 3.8) is 0 Å². The van der Waals surface area contributed by atoms with Crippen molar-refractivity contribution in [1.82, 2.24) is 4.57 Å². The van der Waals surface area contributed by atoms with E-state index in [9.17, 15) is 4.79 Å². The number of nitrogens with zero attached hydrogens (tertiary/aromatic N) is 2. The summed E-state index contributed by atoms with van der Waals surface area (Å²) in [4.78, 5) is 15.3. The molecule has 3 rings (SSSR count). The fraction of sp³-hybridized carbons (Fsp3) is 0.0588. The molecule has 21 heavy (non-hydrogen) atoms. The van der Waals surface area contributed by atoms with Crippen LogP contribution in [0.3, 0.4) is 0 Å². The number of carbonyl (C=O) groups is 1. The van der Waals surface area contributed by atoms with Crippen molar-refractivity contribution in [2.24, 2.45) is 12.0 Å². The lowest BCUT2D eigenvalue weighted by molar-refractivity contribution is 0.0697. The summed E-state index contributed by atoms with van der Waals surface area (Å²) in [5, 5.41) is 10.1. The highest BCUT2D eigenvalue weighted by Gasteiger charge is 2.04. The molecule has 0 saturated carbocycles. The molecule has 0 unspecified atom stereocenters. The van der Waals surface area contributed by atoms with Gasteiger partial charge >= 0.3 is 5.97 Å². The number of aromatic carboxylic acids is 1. The van der Waals surface area contributed by atoms with Crippen LogP contribution in [0.15, 0.2) is 59.7 Å². The van der Waals surface area contributed by atoms with Gasteiger partial charge in [0.25, 0.3) is 0 Å². The van der Waals surface area contributed by atoms with Gasteiger partial charge in [0.05, 0.1) is 11.3 Å². The van der Waals surface area contributed by atoms with Crippen LogP contribution in [0.4, 0.5) is 5.69 Å². The van der Waals surface area contributed by atoms with E-state index in [2.05, 4.69) is 11.1 Å². The Bertz CT molecular complexity index is 847. The van der Waals surface area contributed by atoms with Gasteiger partial charge in [-0.2, -0.15) is 0 Å². The normalized spacial score (nSPS) is 11.3. The molecule has 0 saturated heterocycles. The Labute approximate surface area is 122 Å². The van der Waals surface area contributed by atoms with E-state index in [1.54, 1.807) is 30.5 Å². The zero-order valence-electron chi connectivity index (χ0n) is 11.5. The lowest BCUT2D eigenvalue weighted by atomic mass is 10.2. The molecule has 0 aliphatic carbocycles. The van der Waals surface area contributed by atoms with E-state index in [0.717, 1.165) is 16.5 Å². The summed E-state index contributed by atoms with van der Waals surface area (Å²) in [6.07, 6.45) is 3.78. The third kappa shape index (κ3) is 2.56. The molecule has 0 aliphatic heterocycles. The molecular weight excluding hydrogens is 264 g/mol. The zero-order chi connectivity index (χ0) is 14.8. The second-order valence-electron chi connectivity index (χ2n) is 4.83. The van der Waals surface area contributed by atoms with Gasteiger partial charge < -0.3 is 9.67 Å². The molecule has 0 radical (unpaired) electrons. The van der Waals surface area contributed by atoms with Crippen LogP contribution in [0.2, 0.25) is 0 Å². The summed E-state index contributed by atoms with van der Waals surface area (Å²) in [5.41, 5.74) is 3.01. The van der Waals surface area contributed by atoms with Crippen LogP contribution in [-0.2, 0) is 7.05 Å². The molecule has 104 valence electrons. The molecule has 0 atom stereocenters. The summed E-state index contributed by atoms with van der Waals surface area (Å²) < 4.78 is 2.05. The second kappa shape index (κ2) is 5.25. The Hall–Kier alpha value is -2.88. The van der Waals surface area contributed by atoms with E-state index in [1.807, 2.05) is 36.0 Å². The van der Waals surface area contributed by atoms with Crippen molar-refractivity contribution in [3.8, 4) is 0 Å². The highest BCUT2D eigenvalue weighted by atomic mass is 16.4. The number of hydrogen-bond acceptors (Lipinski definition) is 2. The van der Waals surface area contributed by atoms with Gasteiger partial charge in [-0.3, -0.25) is 4.99 Å². The van der Waals surface area contributed by atoms with Gasteiger partial charge in [-0.05, 0) is 24.3 Å². The summed E-state index contributed by atoms with van der Waals surface area (Å²) in [6.45, 7) is 0. The minimum Gasteiger partial charge on any atom is -0.478 e. The Kier molecular flexibility index (Phi) is 3.28. The minimum atomic E-state index is -0.947. The van der Waals surface area contributed by atoms with Crippen LogP contribution in [0, 0.1) is 0 Å². The Morgan fingerprint density at radius 3 is 2.81 bits per heavy atom. The number of rotatable bonds is 3. The molecule has 4 nitrogen and oxygen atoms in total.